The van der Waals surface area contributed by atoms with Crippen molar-refractivity contribution in [3.63, 3.8) is 0 Å². The highest BCUT2D eigenvalue weighted by molar-refractivity contribution is 6.10. The number of hydrogen-bond donors (Lipinski definition) is 2. The van der Waals surface area contributed by atoms with Crippen molar-refractivity contribution >= 4 is 23.2 Å². The van der Waals surface area contributed by atoms with Crippen LogP contribution in [0.25, 0.3) is 11.3 Å². The van der Waals surface area contributed by atoms with Gasteiger partial charge in [0.25, 0.3) is 5.91 Å². The first-order chi connectivity index (χ1) is 15.6. The van der Waals surface area contributed by atoms with Crippen LogP contribution in [0, 0.1) is 6.92 Å². The number of aryl methyl sites for hydroxylation is 2. The third kappa shape index (κ3) is 5.29. The number of nitrogens with zero attached hydrogens (tertiary/aromatic N) is 1. The number of aromatic nitrogens is 1. The molecule has 0 spiro atoms. The molecule has 0 atom stereocenters. The van der Waals surface area contributed by atoms with E-state index in [1.54, 1.807) is 30.5 Å². The van der Waals surface area contributed by atoms with E-state index < -0.39 is 0 Å². The number of benzene rings is 3. The summed E-state index contributed by atoms with van der Waals surface area (Å²) in [6.45, 7) is 1.96. The van der Waals surface area contributed by atoms with E-state index in [2.05, 4.69) is 15.6 Å². The van der Waals surface area contributed by atoms with Crippen LogP contribution < -0.4 is 10.6 Å². The number of hydrogen-bond acceptors (Lipinski definition) is 4. The number of rotatable bonds is 7. The van der Waals surface area contributed by atoms with E-state index in [0.29, 0.717) is 35.0 Å². The summed E-state index contributed by atoms with van der Waals surface area (Å²) < 4.78 is 5.75. The molecule has 6 nitrogen and oxygen atoms in total. The third-order valence-electron chi connectivity index (χ3n) is 4.90. The quantitative estimate of drug-likeness (QED) is 0.411. The van der Waals surface area contributed by atoms with E-state index in [0.717, 1.165) is 11.1 Å². The first-order valence-electron chi connectivity index (χ1n) is 10.4. The summed E-state index contributed by atoms with van der Waals surface area (Å²) in [5, 5.41) is 5.70. The van der Waals surface area contributed by atoms with Crippen molar-refractivity contribution in [3.8, 4) is 11.3 Å². The zero-order chi connectivity index (χ0) is 22.3. The molecule has 0 bridgehead atoms. The second kappa shape index (κ2) is 9.75. The standard InChI is InChI=1S/C26H23N3O3/c1-18-8-7-11-20(16-18)28-26(31)21-12-5-6-13-22(21)29-24(30)14-15-25-27-17-23(32-25)19-9-3-2-4-10-19/h2-13,16-17H,14-15H2,1H3,(H,28,31)(H,29,30). The third-order valence-corrected chi connectivity index (χ3v) is 4.90. The first-order valence-corrected chi connectivity index (χ1v) is 10.4. The van der Waals surface area contributed by atoms with Crippen LogP contribution in [0.1, 0.15) is 28.2 Å². The van der Waals surface area contributed by atoms with Gasteiger partial charge in [-0.05, 0) is 36.8 Å². The Balaban J connectivity index is 1.38. The lowest BCUT2D eigenvalue weighted by Gasteiger charge is -2.11. The molecule has 0 unspecified atom stereocenters. The lowest BCUT2D eigenvalue weighted by Crippen LogP contribution is -2.18. The van der Waals surface area contributed by atoms with E-state index in [1.165, 1.54) is 0 Å². The Morgan fingerprint density at radius 3 is 2.50 bits per heavy atom. The van der Waals surface area contributed by atoms with Crippen LogP contribution in [0.2, 0.25) is 0 Å². The predicted molar refractivity (Wildman–Crippen MR) is 124 cm³/mol. The van der Waals surface area contributed by atoms with E-state index >= 15 is 0 Å². The minimum Gasteiger partial charge on any atom is -0.441 e. The van der Waals surface area contributed by atoms with Gasteiger partial charge >= 0.3 is 0 Å². The number of carbonyl (C=O) groups excluding carboxylic acids is 2. The average Bonchev–Trinajstić information content (AvgIpc) is 3.28. The van der Waals surface area contributed by atoms with Crippen LogP contribution in [0.5, 0.6) is 0 Å². The fraction of sp³-hybridized carbons (Fsp3) is 0.115. The van der Waals surface area contributed by atoms with Crippen molar-refractivity contribution in [2.45, 2.75) is 19.8 Å². The molecule has 4 rings (SSSR count). The highest BCUT2D eigenvalue weighted by Crippen LogP contribution is 2.21. The Labute approximate surface area is 186 Å². The second-order valence-corrected chi connectivity index (χ2v) is 7.40. The Kier molecular flexibility index (Phi) is 6.41. The number of nitrogens with one attached hydrogen (secondary N) is 2. The Hall–Kier alpha value is -4.19. The molecule has 32 heavy (non-hydrogen) atoms. The summed E-state index contributed by atoms with van der Waals surface area (Å²) >= 11 is 0. The van der Waals surface area contributed by atoms with Crippen molar-refractivity contribution in [2.24, 2.45) is 0 Å². The second-order valence-electron chi connectivity index (χ2n) is 7.40. The molecule has 1 aromatic heterocycles. The Morgan fingerprint density at radius 1 is 0.906 bits per heavy atom. The van der Waals surface area contributed by atoms with Gasteiger partial charge < -0.3 is 15.1 Å². The Bertz CT molecular complexity index is 1230. The number of amides is 2. The minimum absolute atomic E-state index is 0.183. The van der Waals surface area contributed by atoms with Crippen LogP contribution in [0.4, 0.5) is 11.4 Å². The average molecular weight is 425 g/mol. The molecule has 160 valence electrons. The zero-order valence-corrected chi connectivity index (χ0v) is 17.7. The van der Waals surface area contributed by atoms with Gasteiger partial charge in [0, 0.05) is 24.1 Å². The summed E-state index contributed by atoms with van der Waals surface area (Å²) in [6, 6.07) is 24.2. The molecular weight excluding hydrogens is 402 g/mol. The smallest absolute Gasteiger partial charge is 0.257 e. The summed E-state index contributed by atoms with van der Waals surface area (Å²) in [7, 11) is 0. The van der Waals surface area contributed by atoms with Crippen molar-refractivity contribution in [3.05, 3.63) is 102 Å². The van der Waals surface area contributed by atoms with E-state index in [9.17, 15) is 9.59 Å². The van der Waals surface area contributed by atoms with Crippen LogP contribution in [0.3, 0.4) is 0 Å². The van der Waals surface area contributed by atoms with Gasteiger partial charge in [-0.25, -0.2) is 4.98 Å². The SMILES string of the molecule is Cc1cccc(NC(=O)c2ccccc2NC(=O)CCc2ncc(-c3ccccc3)o2)c1. The fourth-order valence-corrected chi connectivity index (χ4v) is 3.31. The predicted octanol–water partition coefficient (Wildman–Crippen LogP) is 5.47. The van der Waals surface area contributed by atoms with E-state index in [4.69, 9.17) is 4.42 Å². The van der Waals surface area contributed by atoms with Gasteiger partial charge in [0.05, 0.1) is 17.4 Å². The van der Waals surface area contributed by atoms with Gasteiger partial charge in [-0.1, -0.05) is 54.6 Å². The Morgan fingerprint density at radius 2 is 1.69 bits per heavy atom. The maximum Gasteiger partial charge on any atom is 0.257 e. The normalized spacial score (nSPS) is 10.5. The highest BCUT2D eigenvalue weighted by Gasteiger charge is 2.14. The molecule has 3 aromatic carbocycles. The molecular formula is C26H23N3O3. The maximum absolute atomic E-state index is 12.8. The molecule has 0 saturated heterocycles. The summed E-state index contributed by atoms with van der Waals surface area (Å²) in [5.74, 6) is 0.649. The van der Waals surface area contributed by atoms with Crippen LogP contribution in [0.15, 0.2) is 89.5 Å². The molecule has 0 aliphatic rings. The maximum atomic E-state index is 12.8. The van der Waals surface area contributed by atoms with Gasteiger partial charge in [0.15, 0.2) is 11.7 Å². The van der Waals surface area contributed by atoms with Crippen LogP contribution >= 0.6 is 0 Å². The highest BCUT2D eigenvalue weighted by atomic mass is 16.4. The minimum atomic E-state index is -0.285. The largest absolute Gasteiger partial charge is 0.441 e. The molecule has 4 aromatic rings. The molecule has 0 saturated carbocycles. The molecule has 1 heterocycles. The van der Waals surface area contributed by atoms with E-state index in [-0.39, 0.29) is 18.2 Å². The van der Waals surface area contributed by atoms with Gasteiger partial charge in [-0.2, -0.15) is 0 Å². The van der Waals surface area contributed by atoms with Crippen molar-refractivity contribution in [2.75, 3.05) is 10.6 Å². The van der Waals surface area contributed by atoms with Crippen molar-refractivity contribution in [1.29, 1.82) is 0 Å². The van der Waals surface area contributed by atoms with Gasteiger partial charge in [-0.15, -0.1) is 0 Å². The van der Waals surface area contributed by atoms with E-state index in [1.807, 2.05) is 61.5 Å². The topological polar surface area (TPSA) is 84.2 Å². The number of anilines is 2. The van der Waals surface area contributed by atoms with Gasteiger partial charge in [-0.3, -0.25) is 9.59 Å². The first kappa shape index (κ1) is 21.1. The number of para-hydroxylation sites is 1. The molecule has 0 fully saturated rings. The summed E-state index contributed by atoms with van der Waals surface area (Å²) in [4.78, 5) is 29.5. The lowest BCUT2D eigenvalue weighted by molar-refractivity contribution is -0.116. The van der Waals surface area contributed by atoms with Crippen molar-refractivity contribution in [1.82, 2.24) is 4.98 Å². The van der Waals surface area contributed by atoms with Crippen LogP contribution in [-0.4, -0.2) is 16.8 Å². The molecule has 0 aliphatic heterocycles. The summed E-state index contributed by atoms with van der Waals surface area (Å²) in [5.41, 5.74) is 3.54. The summed E-state index contributed by atoms with van der Waals surface area (Å²) in [6.07, 6.45) is 2.20. The molecule has 2 amide bonds. The molecule has 6 heteroatoms. The number of oxazole rings is 1. The zero-order valence-electron chi connectivity index (χ0n) is 17.7. The monoisotopic (exact) mass is 425 g/mol. The van der Waals surface area contributed by atoms with Crippen LogP contribution in [-0.2, 0) is 11.2 Å². The molecule has 0 radical (unpaired) electrons. The van der Waals surface area contributed by atoms with Crippen molar-refractivity contribution < 1.29 is 14.0 Å². The molecule has 2 N–H and O–H groups in total. The molecule has 0 aliphatic carbocycles. The van der Waals surface area contributed by atoms with Gasteiger partial charge in [0.1, 0.15) is 0 Å². The van der Waals surface area contributed by atoms with Gasteiger partial charge in [0.2, 0.25) is 5.91 Å². The number of carbonyl (C=O) groups is 2. The fourth-order valence-electron chi connectivity index (χ4n) is 3.31. The lowest BCUT2D eigenvalue weighted by atomic mass is 10.1.